The largest absolute Gasteiger partial charge is 0.433 e. The molecule has 0 aliphatic carbocycles. The van der Waals surface area contributed by atoms with Gasteiger partial charge in [0.15, 0.2) is 5.16 Å². The van der Waals surface area contributed by atoms with E-state index in [1.165, 1.54) is 4.90 Å². The van der Waals surface area contributed by atoms with Gasteiger partial charge >= 0.3 is 6.18 Å². The van der Waals surface area contributed by atoms with E-state index in [-0.39, 0.29) is 16.8 Å². The van der Waals surface area contributed by atoms with Crippen LogP contribution in [-0.4, -0.2) is 40.6 Å². The number of nitrogens with zero attached hydrogens (tertiary/aromatic N) is 3. The molecule has 1 aromatic rings. The second kappa shape index (κ2) is 5.35. The summed E-state index contributed by atoms with van der Waals surface area (Å²) in [6.45, 7) is 0. The van der Waals surface area contributed by atoms with E-state index >= 15 is 0 Å². The molecule has 4 nitrogen and oxygen atoms in total. The molecule has 0 bridgehead atoms. The maximum absolute atomic E-state index is 12.3. The number of halogens is 3. The highest BCUT2D eigenvalue weighted by atomic mass is 32.2. The quantitative estimate of drug-likeness (QED) is 0.616. The Morgan fingerprint density at radius 2 is 2.12 bits per heavy atom. The van der Waals surface area contributed by atoms with Crippen molar-refractivity contribution < 1.29 is 18.0 Å². The third-order valence-corrected chi connectivity index (χ3v) is 2.59. The summed E-state index contributed by atoms with van der Waals surface area (Å²) in [6, 6.07) is 0.790. The molecule has 1 aromatic heterocycles. The van der Waals surface area contributed by atoms with Gasteiger partial charge in [0.2, 0.25) is 5.91 Å². The van der Waals surface area contributed by atoms with Crippen molar-refractivity contribution in [2.45, 2.75) is 11.3 Å². The SMILES string of the molecule is CN(C)C(=O)CSc1nccc(C(F)(F)F)n1. The van der Waals surface area contributed by atoms with Crippen LogP contribution in [0.4, 0.5) is 13.2 Å². The first-order chi connectivity index (χ1) is 7.80. The maximum Gasteiger partial charge on any atom is 0.433 e. The molecule has 17 heavy (non-hydrogen) atoms. The summed E-state index contributed by atoms with van der Waals surface area (Å²) in [4.78, 5) is 19.6. The number of amides is 1. The first-order valence-corrected chi connectivity index (χ1v) is 5.52. The van der Waals surface area contributed by atoms with Crippen molar-refractivity contribution in [3.8, 4) is 0 Å². The highest BCUT2D eigenvalue weighted by Crippen LogP contribution is 2.28. The highest BCUT2D eigenvalue weighted by molar-refractivity contribution is 7.99. The zero-order chi connectivity index (χ0) is 13.1. The van der Waals surface area contributed by atoms with E-state index in [1.54, 1.807) is 14.1 Å². The first-order valence-electron chi connectivity index (χ1n) is 4.54. The lowest BCUT2D eigenvalue weighted by atomic mass is 10.4. The summed E-state index contributed by atoms with van der Waals surface area (Å²) in [5.41, 5.74) is -1.01. The van der Waals surface area contributed by atoms with E-state index in [9.17, 15) is 18.0 Å². The van der Waals surface area contributed by atoms with Crippen LogP contribution < -0.4 is 0 Å². The lowest BCUT2D eigenvalue weighted by molar-refractivity contribution is -0.141. The van der Waals surface area contributed by atoms with Gasteiger partial charge in [0.05, 0.1) is 5.75 Å². The molecule has 8 heteroatoms. The van der Waals surface area contributed by atoms with Gasteiger partial charge in [0.25, 0.3) is 0 Å². The number of aromatic nitrogens is 2. The van der Waals surface area contributed by atoms with Gasteiger partial charge in [-0.05, 0) is 6.07 Å². The molecule has 0 N–H and O–H groups in total. The molecule has 0 saturated heterocycles. The molecule has 0 aliphatic heterocycles. The van der Waals surface area contributed by atoms with Crippen molar-refractivity contribution in [1.29, 1.82) is 0 Å². The summed E-state index contributed by atoms with van der Waals surface area (Å²) in [5, 5.41) is -0.0602. The normalized spacial score (nSPS) is 11.4. The molecule has 1 rings (SSSR count). The van der Waals surface area contributed by atoms with Crippen LogP contribution in [0.25, 0.3) is 0 Å². The van der Waals surface area contributed by atoms with Crippen LogP contribution in [0.5, 0.6) is 0 Å². The van der Waals surface area contributed by atoms with Gasteiger partial charge < -0.3 is 4.90 Å². The molecule has 94 valence electrons. The number of alkyl halides is 3. The summed E-state index contributed by atoms with van der Waals surface area (Å²) in [5.74, 6) is -0.204. The molecule has 0 aromatic carbocycles. The Morgan fingerprint density at radius 3 is 2.65 bits per heavy atom. The molecular formula is C9H10F3N3OS. The van der Waals surface area contributed by atoms with Crippen molar-refractivity contribution in [3.63, 3.8) is 0 Å². The Morgan fingerprint density at radius 1 is 1.47 bits per heavy atom. The molecule has 0 unspecified atom stereocenters. The third kappa shape index (κ3) is 4.22. The Hall–Kier alpha value is -1.31. The second-order valence-electron chi connectivity index (χ2n) is 3.30. The monoisotopic (exact) mass is 265 g/mol. The minimum Gasteiger partial charge on any atom is -0.348 e. The number of hydrogen-bond donors (Lipinski definition) is 0. The smallest absolute Gasteiger partial charge is 0.348 e. The fourth-order valence-electron chi connectivity index (χ4n) is 0.824. The van der Waals surface area contributed by atoms with Gasteiger partial charge in [-0.3, -0.25) is 4.79 Å². The van der Waals surface area contributed by atoms with E-state index in [0.717, 1.165) is 24.0 Å². The van der Waals surface area contributed by atoms with Crippen LogP contribution in [0.1, 0.15) is 5.69 Å². The summed E-state index contributed by atoms with van der Waals surface area (Å²) in [7, 11) is 3.13. The number of rotatable bonds is 3. The fraction of sp³-hybridized carbons (Fsp3) is 0.444. The summed E-state index contributed by atoms with van der Waals surface area (Å²) in [6.07, 6.45) is -3.47. The van der Waals surface area contributed by atoms with Gasteiger partial charge in [-0.25, -0.2) is 9.97 Å². The molecule has 0 atom stereocenters. The minimum atomic E-state index is -4.50. The van der Waals surface area contributed by atoms with Crippen molar-refractivity contribution in [2.24, 2.45) is 0 Å². The third-order valence-electron chi connectivity index (χ3n) is 1.75. The number of carbonyl (C=O) groups is 1. The van der Waals surface area contributed by atoms with Crippen LogP contribution in [-0.2, 0) is 11.0 Å². The predicted molar refractivity (Wildman–Crippen MR) is 56.5 cm³/mol. The molecular weight excluding hydrogens is 255 g/mol. The topological polar surface area (TPSA) is 46.1 Å². The zero-order valence-corrected chi connectivity index (χ0v) is 9.97. The summed E-state index contributed by atoms with van der Waals surface area (Å²) >= 11 is 0.874. The maximum atomic E-state index is 12.3. The molecule has 1 amide bonds. The summed E-state index contributed by atoms with van der Waals surface area (Å²) < 4.78 is 37.0. The fourth-order valence-corrected chi connectivity index (χ4v) is 1.63. The van der Waals surface area contributed by atoms with Gasteiger partial charge in [-0.15, -0.1) is 0 Å². The van der Waals surface area contributed by atoms with E-state index in [0.29, 0.717) is 0 Å². The Balaban J connectivity index is 2.70. The Kier molecular flexibility index (Phi) is 4.33. The van der Waals surface area contributed by atoms with Crippen molar-refractivity contribution in [1.82, 2.24) is 14.9 Å². The highest BCUT2D eigenvalue weighted by Gasteiger charge is 2.32. The Labute approximate surface area is 100 Å². The predicted octanol–water partition coefficient (Wildman–Crippen LogP) is 1.68. The Bertz CT molecular complexity index is 409. The van der Waals surface area contributed by atoms with E-state index in [2.05, 4.69) is 9.97 Å². The van der Waals surface area contributed by atoms with Crippen molar-refractivity contribution in [3.05, 3.63) is 18.0 Å². The van der Waals surface area contributed by atoms with Gasteiger partial charge in [-0.2, -0.15) is 13.2 Å². The van der Waals surface area contributed by atoms with Crippen LogP contribution in [0.2, 0.25) is 0 Å². The first kappa shape index (κ1) is 13.8. The second-order valence-corrected chi connectivity index (χ2v) is 4.24. The van der Waals surface area contributed by atoms with Gasteiger partial charge in [0.1, 0.15) is 5.69 Å². The van der Waals surface area contributed by atoms with Crippen LogP contribution in [0.3, 0.4) is 0 Å². The molecule has 0 aliphatic rings. The standard InChI is InChI=1S/C9H10F3N3OS/c1-15(2)7(16)5-17-8-13-4-3-6(14-8)9(10,11)12/h3-4H,5H2,1-2H3. The average molecular weight is 265 g/mol. The molecule has 0 saturated carbocycles. The molecule has 0 spiro atoms. The minimum absolute atomic E-state index is 0.00824. The number of hydrogen-bond acceptors (Lipinski definition) is 4. The lowest BCUT2D eigenvalue weighted by Gasteiger charge is -2.09. The molecule has 1 heterocycles. The van der Waals surface area contributed by atoms with Crippen molar-refractivity contribution >= 4 is 17.7 Å². The lowest BCUT2D eigenvalue weighted by Crippen LogP contribution is -2.23. The van der Waals surface area contributed by atoms with Crippen LogP contribution in [0, 0.1) is 0 Å². The molecule has 0 radical (unpaired) electrons. The van der Waals surface area contributed by atoms with Crippen LogP contribution >= 0.6 is 11.8 Å². The van der Waals surface area contributed by atoms with E-state index < -0.39 is 11.9 Å². The molecule has 0 fully saturated rings. The van der Waals surface area contributed by atoms with Crippen LogP contribution in [0.15, 0.2) is 17.4 Å². The van der Waals surface area contributed by atoms with E-state index in [1.807, 2.05) is 0 Å². The number of carbonyl (C=O) groups excluding carboxylic acids is 1. The van der Waals surface area contributed by atoms with E-state index in [4.69, 9.17) is 0 Å². The number of thioether (sulfide) groups is 1. The van der Waals surface area contributed by atoms with Gasteiger partial charge in [-0.1, -0.05) is 11.8 Å². The zero-order valence-electron chi connectivity index (χ0n) is 9.15. The van der Waals surface area contributed by atoms with Gasteiger partial charge in [0, 0.05) is 20.3 Å². The average Bonchev–Trinajstić information content (AvgIpc) is 2.25. The van der Waals surface area contributed by atoms with Crippen molar-refractivity contribution in [2.75, 3.05) is 19.8 Å².